The summed E-state index contributed by atoms with van der Waals surface area (Å²) in [7, 11) is 0. The van der Waals surface area contributed by atoms with Gasteiger partial charge in [0.1, 0.15) is 11.6 Å². The van der Waals surface area contributed by atoms with E-state index in [1.54, 1.807) is 0 Å². The molecule has 2 rings (SSSR count). The van der Waals surface area contributed by atoms with Crippen molar-refractivity contribution in [3.8, 4) is 0 Å². The smallest absolute Gasteiger partial charge is 0.258 e. The summed E-state index contributed by atoms with van der Waals surface area (Å²) in [6.45, 7) is 6.83. The molecule has 2 aromatic rings. The highest BCUT2D eigenvalue weighted by Gasteiger charge is 2.15. The van der Waals surface area contributed by atoms with Crippen molar-refractivity contribution in [2.45, 2.75) is 26.8 Å². The first-order valence-corrected chi connectivity index (χ1v) is 6.64. The van der Waals surface area contributed by atoms with Gasteiger partial charge in [0.25, 0.3) is 5.56 Å². The van der Waals surface area contributed by atoms with E-state index in [1.165, 1.54) is 12.3 Å². The highest BCUT2D eigenvalue weighted by molar-refractivity contribution is 5.85. The Morgan fingerprint density at radius 2 is 1.95 bits per heavy atom. The third-order valence-corrected chi connectivity index (χ3v) is 3.25. The minimum absolute atomic E-state index is 0.0953. The van der Waals surface area contributed by atoms with Crippen molar-refractivity contribution in [3.05, 3.63) is 45.9 Å². The standard InChI is InChI=1S/C15H18F2N2O/c1-8(2)6-18-9(3)12-7-19-15(20)14-11(12)4-10(16)5-13(14)17/h4-5,7-9,18H,6H2,1-3H3,(H,19,20). The van der Waals surface area contributed by atoms with Gasteiger partial charge in [-0.3, -0.25) is 4.79 Å². The maximum atomic E-state index is 13.8. The van der Waals surface area contributed by atoms with Crippen molar-refractivity contribution < 1.29 is 8.78 Å². The van der Waals surface area contributed by atoms with Crippen molar-refractivity contribution in [2.24, 2.45) is 5.92 Å². The van der Waals surface area contributed by atoms with E-state index in [1.807, 2.05) is 6.92 Å². The van der Waals surface area contributed by atoms with Crippen LogP contribution in [0.15, 0.2) is 23.1 Å². The lowest BCUT2D eigenvalue weighted by Gasteiger charge is -2.17. The molecular weight excluding hydrogens is 262 g/mol. The Labute approximate surface area is 116 Å². The average molecular weight is 280 g/mol. The summed E-state index contributed by atoms with van der Waals surface area (Å²) in [6, 6.07) is 1.82. The predicted octanol–water partition coefficient (Wildman–Crippen LogP) is 3.11. The lowest BCUT2D eigenvalue weighted by molar-refractivity contribution is 0.497. The van der Waals surface area contributed by atoms with Gasteiger partial charge in [0, 0.05) is 18.3 Å². The van der Waals surface area contributed by atoms with Crippen LogP contribution in [0.5, 0.6) is 0 Å². The van der Waals surface area contributed by atoms with Crippen LogP contribution in [-0.2, 0) is 0 Å². The first-order chi connectivity index (χ1) is 9.40. The number of aromatic amines is 1. The van der Waals surface area contributed by atoms with Crippen LogP contribution in [0.1, 0.15) is 32.4 Å². The maximum Gasteiger partial charge on any atom is 0.258 e. The summed E-state index contributed by atoms with van der Waals surface area (Å²) in [4.78, 5) is 14.2. The number of H-pyrrole nitrogens is 1. The van der Waals surface area contributed by atoms with Gasteiger partial charge in [0.15, 0.2) is 0 Å². The Kier molecular flexibility index (Phi) is 4.18. The summed E-state index contributed by atoms with van der Waals surface area (Å²) in [5, 5.41) is 3.50. The second-order valence-electron chi connectivity index (χ2n) is 5.41. The number of halogens is 2. The summed E-state index contributed by atoms with van der Waals surface area (Å²) < 4.78 is 27.2. The monoisotopic (exact) mass is 280 g/mol. The van der Waals surface area contributed by atoms with E-state index in [4.69, 9.17) is 0 Å². The molecule has 108 valence electrons. The number of nitrogens with one attached hydrogen (secondary N) is 2. The highest BCUT2D eigenvalue weighted by atomic mass is 19.1. The zero-order valence-corrected chi connectivity index (χ0v) is 11.8. The number of aromatic nitrogens is 1. The third kappa shape index (κ3) is 2.88. The average Bonchev–Trinajstić information content (AvgIpc) is 2.35. The largest absolute Gasteiger partial charge is 0.328 e. The van der Waals surface area contributed by atoms with Gasteiger partial charge < -0.3 is 10.3 Å². The van der Waals surface area contributed by atoms with Crippen molar-refractivity contribution in [2.75, 3.05) is 6.54 Å². The molecule has 0 spiro atoms. The van der Waals surface area contributed by atoms with Gasteiger partial charge in [-0.15, -0.1) is 0 Å². The molecule has 2 N–H and O–H groups in total. The van der Waals surface area contributed by atoms with Gasteiger partial charge in [-0.25, -0.2) is 8.78 Å². The molecule has 0 saturated carbocycles. The summed E-state index contributed by atoms with van der Waals surface area (Å²) in [5.41, 5.74) is 0.135. The summed E-state index contributed by atoms with van der Waals surface area (Å²) in [6.07, 6.45) is 1.52. The second-order valence-corrected chi connectivity index (χ2v) is 5.41. The van der Waals surface area contributed by atoms with Crippen LogP contribution in [-0.4, -0.2) is 11.5 Å². The molecule has 20 heavy (non-hydrogen) atoms. The first kappa shape index (κ1) is 14.7. The predicted molar refractivity (Wildman–Crippen MR) is 75.7 cm³/mol. The number of hydrogen-bond acceptors (Lipinski definition) is 2. The molecule has 3 nitrogen and oxygen atoms in total. The molecule has 1 unspecified atom stereocenters. The molecule has 5 heteroatoms. The molecule has 0 saturated heterocycles. The van der Waals surface area contributed by atoms with E-state index < -0.39 is 17.2 Å². The van der Waals surface area contributed by atoms with E-state index in [2.05, 4.69) is 24.1 Å². The second kappa shape index (κ2) is 5.71. The molecule has 1 heterocycles. The number of fused-ring (bicyclic) bond motifs is 1. The molecule has 1 aromatic heterocycles. The lowest BCUT2D eigenvalue weighted by atomic mass is 10.0. The van der Waals surface area contributed by atoms with Gasteiger partial charge in [-0.2, -0.15) is 0 Å². The van der Waals surface area contributed by atoms with Crippen molar-refractivity contribution >= 4 is 10.8 Å². The molecule has 0 fully saturated rings. The van der Waals surface area contributed by atoms with Gasteiger partial charge in [0.2, 0.25) is 0 Å². The molecule has 0 bridgehead atoms. The van der Waals surface area contributed by atoms with Crippen LogP contribution >= 0.6 is 0 Å². The Balaban J connectivity index is 2.54. The molecule has 0 radical (unpaired) electrons. The van der Waals surface area contributed by atoms with E-state index in [0.717, 1.165) is 12.6 Å². The molecule has 1 atom stereocenters. The molecule has 0 amide bonds. The molecule has 0 aliphatic carbocycles. The van der Waals surface area contributed by atoms with Crippen molar-refractivity contribution in [3.63, 3.8) is 0 Å². The fourth-order valence-corrected chi connectivity index (χ4v) is 2.21. The van der Waals surface area contributed by atoms with Gasteiger partial charge in [0.05, 0.1) is 5.39 Å². The van der Waals surface area contributed by atoms with Crippen molar-refractivity contribution in [1.29, 1.82) is 0 Å². The van der Waals surface area contributed by atoms with Gasteiger partial charge in [-0.05, 0) is 36.4 Å². The molecular formula is C15H18F2N2O. The zero-order chi connectivity index (χ0) is 14.9. The zero-order valence-electron chi connectivity index (χ0n) is 11.8. The molecule has 0 aliphatic heterocycles. The van der Waals surface area contributed by atoms with Crippen LogP contribution in [0.3, 0.4) is 0 Å². The van der Waals surface area contributed by atoms with Gasteiger partial charge in [-0.1, -0.05) is 13.8 Å². The lowest BCUT2D eigenvalue weighted by Crippen LogP contribution is -2.24. The maximum absolute atomic E-state index is 13.8. The Bertz CT molecular complexity index is 679. The topological polar surface area (TPSA) is 44.9 Å². The van der Waals surface area contributed by atoms with Crippen LogP contribution in [0.4, 0.5) is 8.78 Å². The van der Waals surface area contributed by atoms with E-state index in [-0.39, 0.29) is 11.4 Å². The highest BCUT2D eigenvalue weighted by Crippen LogP contribution is 2.24. The molecule has 0 aliphatic rings. The van der Waals surface area contributed by atoms with Crippen molar-refractivity contribution in [1.82, 2.24) is 10.3 Å². The summed E-state index contributed by atoms with van der Waals surface area (Å²) in [5.74, 6) is -1.06. The number of pyridine rings is 1. The fraction of sp³-hybridized carbons (Fsp3) is 0.400. The van der Waals surface area contributed by atoms with E-state index in [0.29, 0.717) is 16.9 Å². The minimum Gasteiger partial charge on any atom is -0.328 e. The Morgan fingerprint density at radius 1 is 1.25 bits per heavy atom. The quantitative estimate of drug-likeness (QED) is 0.904. The minimum atomic E-state index is -0.834. The fourth-order valence-electron chi connectivity index (χ4n) is 2.21. The number of benzene rings is 1. The normalized spacial score (nSPS) is 13.1. The van der Waals surface area contributed by atoms with Gasteiger partial charge >= 0.3 is 0 Å². The molecule has 1 aromatic carbocycles. The van der Waals surface area contributed by atoms with Crippen LogP contribution in [0, 0.1) is 17.6 Å². The van der Waals surface area contributed by atoms with Crippen LogP contribution in [0.25, 0.3) is 10.8 Å². The number of hydrogen-bond donors (Lipinski definition) is 2. The number of rotatable bonds is 4. The third-order valence-electron chi connectivity index (χ3n) is 3.25. The Morgan fingerprint density at radius 3 is 2.60 bits per heavy atom. The van der Waals surface area contributed by atoms with Crippen LogP contribution in [0.2, 0.25) is 0 Å². The van der Waals surface area contributed by atoms with E-state index >= 15 is 0 Å². The van der Waals surface area contributed by atoms with E-state index in [9.17, 15) is 13.6 Å². The SMILES string of the molecule is CC(C)CNC(C)c1c[nH]c(=O)c2c(F)cc(F)cc12. The first-order valence-electron chi connectivity index (χ1n) is 6.64. The Hall–Kier alpha value is -1.75. The summed E-state index contributed by atoms with van der Waals surface area (Å²) >= 11 is 0. The van der Waals surface area contributed by atoms with Crippen LogP contribution < -0.4 is 10.9 Å².